The van der Waals surface area contributed by atoms with Gasteiger partial charge in [-0.1, -0.05) is 6.08 Å². The fraction of sp³-hybridized carbons (Fsp3) is 0.250. The number of halogens is 3. The summed E-state index contributed by atoms with van der Waals surface area (Å²) in [4.78, 5) is 38.4. The molecule has 4 heterocycles. The predicted molar refractivity (Wildman–Crippen MR) is 177 cm³/mol. The van der Waals surface area contributed by atoms with Gasteiger partial charge in [0.05, 0.1) is 23.3 Å². The molecule has 250 valence electrons. The Morgan fingerprint density at radius 1 is 0.980 bits per heavy atom. The third-order valence-corrected chi connectivity index (χ3v) is 9.18. The molecule has 7 rings (SSSR count). The summed E-state index contributed by atoms with van der Waals surface area (Å²) in [5.41, 5.74) is 2.26. The lowest BCUT2D eigenvalue weighted by atomic mass is 9.97. The Hall–Kier alpha value is -5.40. The molecular weight excluding hydrogens is 635 g/mol. The van der Waals surface area contributed by atoms with E-state index in [1.807, 2.05) is 11.0 Å². The molecule has 1 saturated heterocycles. The Morgan fingerprint density at radius 2 is 1.73 bits per heavy atom. The van der Waals surface area contributed by atoms with Crippen LogP contribution in [0.1, 0.15) is 18.4 Å². The van der Waals surface area contributed by atoms with Gasteiger partial charge in [0.1, 0.15) is 17.5 Å². The van der Waals surface area contributed by atoms with Crippen molar-refractivity contribution in [3.8, 4) is 22.6 Å². The van der Waals surface area contributed by atoms with Crippen molar-refractivity contribution in [2.24, 2.45) is 0 Å². The number of hydrogen-bond acceptors (Lipinski definition) is 7. The van der Waals surface area contributed by atoms with Crippen molar-refractivity contribution in [3.05, 3.63) is 102 Å². The molecule has 2 aliphatic rings. The minimum absolute atomic E-state index is 0.0171. The van der Waals surface area contributed by atoms with E-state index in [1.54, 1.807) is 41.3 Å². The number of likely N-dealkylation sites (tertiary alicyclic amines) is 1. The van der Waals surface area contributed by atoms with E-state index >= 15 is 4.39 Å². The molecule has 0 bridgehead atoms. The number of carbonyl (C=O) groups is 2. The minimum atomic E-state index is -1.17. The van der Waals surface area contributed by atoms with E-state index in [0.29, 0.717) is 42.9 Å². The molecule has 49 heavy (non-hydrogen) atoms. The monoisotopic (exact) mass is 667 g/mol. The van der Waals surface area contributed by atoms with Crippen molar-refractivity contribution in [1.29, 1.82) is 0 Å². The maximum atomic E-state index is 15.1. The number of fused-ring (bicyclic) bond motifs is 1. The van der Waals surface area contributed by atoms with E-state index in [2.05, 4.69) is 25.5 Å². The number of benzene rings is 3. The van der Waals surface area contributed by atoms with E-state index in [1.165, 1.54) is 31.6 Å². The number of nitrogens with one attached hydrogen (secondary N) is 2. The molecule has 10 nitrogen and oxygen atoms in total. The topological polar surface area (TPSA) is 116 Å². The lowest BCUT2D eigenvalue weighted by molar-refractivity contribution is -0.138. The third kappa shape index (κ3) is 6.42. The largest absolute Gasteiger partial charge is 0.367 e. The highest BCUT2D eigenvalue weighted by Crippen LogP contribution is 2.32. The van der Waals surface area contributed by atoms with Gasteiger partial charge in [-0.25, -0.2) is 23.1 Å². The first-order valence-corrected chi connectivity index (χ1v) is 15.8. The molecule has 2 aliphatic heterocycles. The number of amides is 2. The van der Waals surface area contributed by atoms with E-state index in [4.69, 9.17) is 4.74 Å². The summed E-state index contributed by atoms with van der Waals surface area (Å²) in [6.45, 7) is 1.36. The van der Waals surface area contributed by atoms with E-state index < -0.39 is 17.2 Å². The van der Waals surface area contributed by atoms with E-state index in [-0.39, 0.29) is 54.2 Å². The van der Waals surface area contributed by atoms with E-state index in [9.17, 15) is 18.4 Å². The summed E-state index contributed by atoms with van der Waals surface area (Å²) in [6, 6.07) is 15.2. The van der Waals surface area contributed by atoms with Crippen molar-refractivity contribution < 1.29 is 27.5 Å². The summed E-state index contributed by atoms with van der Waals surface area (Å²) in [7, 11) is 1.48. The summed E-state index contributed by atoms with van der Waals surface area (Å²) in [5.74, 6) is -1.92. The smallest absolute Gasteiger partial charge is 0.258 e. The molecule has 2 amide bonds. The highest BCUT2D eigenvalue weighted by molar-refractivity contribution is 6.01. The second-order valence-corrected chi connectivity index (χ2v) is 12.2. The molecular formula is C36H32F3N7O3. The van der Waals surface area contributed by atoms with Gasteiger partial charge in [-0.05, 0) is 79.1 Å². The molecule has 0 saturated carbocycles. The fourth-order valence-electron chi connectivity index (χ4n) is 6.44. The van der Waals surface area contributed by atoms with Crippen LogP contribution in [0, 0.1) is 17.5 Å². The fourth-order valence-corrected chi connectivity index (χ4v) is 6.44. The molecule has 0 radical (unpaired) electrons. The average molecular weight is 668 g/mol. The maximum Gasteiger partial charge on any atom is 0.258 e. The van der Waals surface area contributed by atoms with Crippen LogP contribution in [0.3, 0.4) is 0 Å². The Labute approximate surface area is 279 Å². The number of aromatic nitrogens is 4. The van der Waals surface area contributed by atoms with Crippen LogP contribution >= 0.6 is 0 Å². The molecule has 2 N–H and O–H groups in total. The average Bonchev–Trinajstić information content (AvgIpc) is 3.74. The quantitative estimate of drug-likeness (QED) is 0.226. The Balaban J connectivity index is 0.979. The Bertz CT molecular complexity index is 2070. The van der Waals surface area contributed by atoms with Crippen molar-refractivity contribution in [3.63, 3.8) is 0 Å². The molecule has 1 fully saturated rings. The van der Waals surface area contributed by atoms with Gasteiger partial charge in [0.15, 0.2) is 11.4 Å². The zero-order valence-electron chi connectivity index (χ0n) is 26.6. The first-order chi connectivity index (χ1) is 23.7. The molecule has 1 atom stereocenters. The van der Waals surface area contributed by atoms with Crippen LogP contribution in [0.25, 0.3) is 39.1 Å². The number of H-pyrrole nitrogens is 1. The molecule has 13 heteroatoms. The second kappa shape index (κ2) is 13.2. The number of hydrogen-bond donors (Lipinski definition) is 2. The number of nitrogens with zero attached hydrogens (tertiary/aromatic N) is 5. The van der Waals surface area contributed by atoms with Crippen LogP contribution in [0.15, 0.2) is 79.1 Å². The van der Waals surface area contributed by atoms with Gasteiger partial charge in [-0.3, -0.25) is 19.6 Å². The standard InChI is InChI=1S/C36H32F3N7O3/c1-49-36(35(48)42-25-7-8-31-28(17-25)33(44-43-31)23-3-5-24(37)6-4-23)11-16-45(21-36)20-32(47)46-14-9-22(10-15-46)26-18-30(39)27(19-29(26)38)34-40-12-2-13-41-34/h2-9,12-13,17-19H,10-11,14-16,20-21H2,1H3,(H,42,48)(H,43,44)/t36-/m0/s1. The summed E-state index contributed by atoms with van der Waals surface area (Å²) in [5, 5.41) is 11.1. The number of carbonyl (C=O) groups excluding carboxylic acids is 2. The lowest BCUT2D eigenvalue weighted by Gasteiger charge is -2.30. The van der Waals surface area contributed by atoms with Crippen molar-refractivity contribution in [1.82, 2.24) is 30.0 Å². The molecule has 0 spiro atoms. The predicted octanol–water partition coefficient (Wildman–Crippen LogP) is 5.45. The van der Waals surface area contributed by atoms with Gasteiger partial charge >= 0.3 is 0 Å². The molecule has 5 aromatic rings. The zero-order chi connectivity index (χ0) is 34.1. The van der Waals surface area contributed by atoms with Gasteiger partial charge in [0.2, 0.25) is 5.91 Å². The Kier molecular flexibility index (Phi) is 8.69. The van der Waals surface area contributed by atoms with Gasteiger partial charge in [0, 0.05) is 67.9 Å². The van der Waals surface area contributed by atoms with Crippen LogP contribution < -0.4 is 5.32 Å². The van der Waals surface area contributed by atoms with Crippen molar-refractivity contribution in [2.45, 2.75) is 18.4 Å². The first kappa shape index (κ1) is 32.2. The van der Waals surface area contributed by atoms with Crippen molar-refractivity contribution in [2.75, 3.05) is 45.2 Å². The highest BCUT2D eigenvalue weighted by atomic mass is 19.1. The summed E-state index contributed by atoms with van der Waals surface area (Å²) >= 11 is 0. The van der Waals surface area contributed by atoms with Gasteiger partial charge < -0.3 is 15.0 Å². The SMILES string of the molecule is CO[C@@]1(C(=O)Nc2ccc3[nH]nc(-c4ccc(F)cc4)c3c2)CCN(CC(=O)N2CC=C(c3cc(F)c(-c4ncccn4)cc3F)CC2)C1. The second-order valence-electron chi connectivity index (χ2n) is 12.2. The van der Waals surface area contributed by atoms with Crippen LogP contribution in [0.2, 0.25) is 0 Å². The van der Waals surface area contributed by atoms with Gasteiger partial charge in [-0.15, -0.1) is 0 Å². The molecule has 0 unspecified atom stereocenters. The highest BCUT2D eigenvalue weighted by Gasteiger charge is 2.45. The summed E-state index contributed by atoms with van der Waals surface area (Å²) in [6.07, 6.45) is 5.42. The number of anilines is 1. The van der Waals surface area contributed by atoms with Crippen LogP contribution in [-0.4, -0.2) is 87.2 Å². The maximum absolute atomic E-state index is 15.1. The lowest BCUT2D eigenvalue weighted by Crippen LogP contribution is -2.48. The van der Waals surface area contributed by atoms with Gasteiger partial charge in [0.25, 0.3) is 5.91 Å². The molecule has 0 aliphatic carbocycles. The van der Waals surface area contributed by atoms with E-state index in [0.717, 1.165) is 28.6 Å². The number of methoxy groups -OCH3 is 1. The normalized spacial score (nSPS) is 18.1. The summed E-state index contributed by atoms with van der Waals surface area (Å²) < 4.78 is 49.2. The first-order valence-electron chi connectivity index (χ1n) is 15.8. The van der Waals surface area contributed by atoms with Crippen molar-refractivity contribution >= 4 is 34.0 Å². The number of ether oxygens (including phenoxy) is 1. The zero-order valence-corrected chi connectivity index (χ0v) is 26.6. The number of aromatic amines is 1. The van der Waals surface area contributed by atoms with Crippen LogP contribution in [-0.2, 0) is 14.3 Å². The van der Waals surface area contributed by atoms with Crippen LogP contribution in [0.4, 0.5) is 18.9 Å². The molecule has 2 aromatic heterocycles. The third-order valence-electron chi connectivity index (χ3n) is 9.18. The Morgan fingerprint density at radius 3 is 2.47 bits per heavy atom. The minimum Gasteiger partial charge on any atom is -0.367 e. The van der Waals surface area contributed by atoms with Crippen LogP contribution in [0.5, 0.6) is 0 Å². The molecule has 3 aromatic carbocycles. The van der Waals surface area contributed by atoms with Gasteiger partial charge in [-0.2, -0.15) is 5.10 Å². The number of rotatable bonds is 8.